The molecule has 1 amide bonds. The van der Waals surface area contributed by atoms with Gasteiger partial charge in [0, 0.05) is 13.1 Å². The Balaban J connectivity index is 1.50. The highest BCUT2D eigenvalue weighted by atomic mass is 16.2. The van der Waals surface area contributed by atoms with E-state index < -0.39 is 0 Å². The van der Waals surface area contributed by atoms with Crippen LogP contribution in [0.1, 0.15) is 17.0 Å². The molecule has 2 aromatic rings. The minimum atomic E-state index is -0.371. The van der Waals surface area contributed by atoms with Crippen molar-refractivity contribution in [1.29, 1.82) is 0 Å². The van der Waals surface area contributed by atoms with Crippen LogP contribution in [0.5, 0.6) is 0 Å². The summed E-state index contributed by atoms with van der Waals surface area (Å²) in [5.41, 5.74) is 2.18. The van der Waals surface area contributed by atoms with E-state index in [0.29, 0.717) is 12.4 Å². The normalized spacial score (nSPS) is 14.2. The lowest BCUT2D eigenvalue weighted by Gasteiger charge is -2.13. The zero-order valence-corrected chi connectivity index (χ0v) is 10.8. The number of fused-ring (bicyclic) bond motifs is 1. The van der Waals surface area contributed by atoms with Crippen LogP contribution >= 0.6 is 0 Å². The number of H-pyrrole nitrogens is 2. The lowest BCUT2D eigenvalue weighted by molar-refractivity contribution is -0.122. The van der Waals surface area contributed by atoms with Gasteiger partial charge in [0.2, 0.25) is 5.91 Å². The van der Waals surface area contributed by atoms with Gasteiger partial charge in [-0.1, -0.05) is 24.3 Å². The summed E-state index contributed by atoms with van der Waals surface area (Å²) in [6, 6.07) is 8.19. The van der Waals surface area contributed by atoms with Gasteiger partial charge in [-0.25, -0.2) is 9.89 Å². The van der Waals surface area contributed by atoms with Crippen molar-refractivity contribution in [3.05, 3.63) is 51.7 Å². The van der Waals surface area contributed by atoms with E-state index in [1.807, 2.05) is 12.1 Å². The van der Waals surface area contributed by atoms with Crippen LogP contribution in [0, 0.1) is 0 Å². The summed E-state index contributed by atoms with van der Waals surface area (Å²) in [5, 5.41) is 8.72. The molecule has 104 valence electrons. The molecule has 1 aromatic carbocycles. The molecule has 0 spiro atoms. The fourth-order valence-electron chi connectivity index (χ4n) is 2.35. The average molecular weight is 273 g/mol. The van der Waals surface area contributed by atoms with E-state index in [1.54, 1.807) is 0 Å². The molecule has 0 radical (unpaired) electrons. The molecule has 0 aliphatic carbocycles. The maximum atomic E-state index is 11.8. The fourth-order valence-corrected chi connectivity index (χ4v) is 2.35. The van der Waals surface area contributed by atoms with Gasteiger partial charge in [0.1, 0.15) is 5.82 Å². The maximum absolute atomic E-state index is 11.8. The first-order chi connectivity index (χ1) is 9.70. The number of hydrogen-bond donors (Lipinski definition) is 3. The topological polar surface area (TPSA) is 93.9 Å². The van der Waals surface area contributed by atoms with Gasteiger partial charge in [-0.3, -0.25) is 14.7 Å². The van der Waals surface area contributed by atoms with Crippen molar-refractivity contribution in [2.24, 2.45) is 0 Å². The van der Waals surface area contributed by atoms with Gasteiger partial charge in [-0.2, -0.15) is 5.10 Å². The standard InChI is InChI=1S/C13H15N5O2/c19-12(14-5-11-15-13(20)17-16-11)8-18-6-9-3-1-2-4-10(9)7-18/h1-4H,5-8H2,(H,14,19)(H2,15,16,17,20). The molecule has 0 saturated heterocycles. The van der Waals surface area contributed by atoms with Crippen molar-refractivity contribution in [2.45, 2.75) is 19.6 Å². The van der Waals surface area contributed by atoms with E-state index in [-0.39, 0.29) is 18.1 Å². The van der Waals surface area contributed by atoms with E-state index in [4.69, 9.17) is 0 Å². The second kappa shape index (κ2) is 5.30. The Kier molecular flexibility index (Phi) is 3.34. The zero-order chi connectivity index (χ0) is 13.9. The molecule has 0 unspecified atom stereocenters. The molecular weight excluding hydrogens is 258 g/mol. The number of nitrogens with zero attached hydrogens (tertiary/aromatic N) is 2. The molecule has 1 aliphatic rings. The first-order valence-corrected chi connectivity index (χ1v) is 6.40. The summed E-state index contributed by atoms with van der Waals surface area (Å²) in [4.78, 5) is 27.3. The quantitative estimate of drug-likeness (QED) is 0.715. The minimum Gasteiger partial charge on any atom is -0.348 e. The Morgan fingerprint density at radius 3 is 2.60 bits per heavy atom. The molecule has 3 rings (SSSR count). The number of amides is 1. The van der Waals surface area contributed by atoms with E-state index in [9.17, 15) is 9.59 Å². The summed E-state index contributed by atoms with van der Waals surface area (Å²) in [7, 11) is 0. The lowest BCUT2D eigenvalue weighted by atomic mass is 10.1. The highest BCUT2D eigenvalue weighted by Gasteiger charge is 2.20. The van der Waals surface area contributed by atoms with Crippen LogP contribution < -0.4 is 11.0 Å². The van der Waals surface area contributed by atoms with Crippen LogP contribution in [-0.2, 0) is 24.4 Å². The molecular formula is C13H15N5O2. The van der Waals surface area contributed by atoms with E-state index in [1.165, 1.54) is 11.1 Å². The number of rotatable bonds is 4. The van der Waals surface area contributed by atoms with Crippen LogP contribution in [0.15, 0.2) is 29.1 Å². The maximum Gasteiger partial charge on any atom is 0.340 e. The van der Waals surface area contributed by atoms with Crippen LogP contribution in [0.25, 0.3) is 0 Å². The number of nitrogens with one attached hydrogen (secondary N) is 3. The second-order valence-electron chi connectivity index (χ2n) is 4.82. The van der Waals surface area contributed by atoms with Crippen molar-refractivity contribution >= 4 is 5.91 Å². The van der Waals surface area contributed by atoms with Gasteiger partial charge in [0.25, 0.3) is 0 Å². The Morgan fingerprint density at radius 1 is 1.30 bits per heavy atom. The number of carbonyl (C=O) groups is 1. The molecule has 0 saturated carbocycles. The lowest BCUT2D eigenvalue weighted by Crippen LogP contribution is -2.34. The number of hydrogen-bond acceptors (Lipinski definition) is 4. The monoisotopic (exact) mass is 273 g/mol. The van der Waals surface area contributed by atoms with Gasteiger partial charge in [0.15, 0.2) is 0 Å². The van der Waals surface area contributed by atoms with E-state index in [2.05, 4.69) is 37.5 Å². The second-order valence-corrected chi connectivity index (χ2v) is 4.82. The molecule has 2 heterocycles. The molecule has 0 atom stereocenters. The summed E-state index contributed by atoms with van der Waals surface area (Å²) < 4.78 is 0. The molecule has 0 bridgehead atoms. The van der Waals surface area contributed by atoms with Crippen molar-refractivity contribution in [3.63, 3.8) is 0 Å². The van der Waals surface area contributed by atoms with Gasteiger partial charge in [-0.15, -0.1) is 0 Å². The van der Waals surface area contributed by atoms with Crippen molar-refractivity contribution in [2.75, 3.05) is 6.54 Å². The Hall–Kier alpha value is -2.41. The molecule has 20 heavy (non-hydrogen) atoms. The number of carbonyl (C=O) groups excluding carboxylic acids is 1. The number of aromatic amines is 2. The van der Waals surface area contributed by atoms with Crippen molar-refractivity contribution in [1.82, 2.24) is 25.4 Å². The van der Waals surface area contributed by atoms with Gasteiger partial charge in [0.05, 0.1) is 13.1 Å². The van der Waals surface area contributed by atoms with Crippen molar-refractivity contribution < 1.29 is 4.79 Å². The number of benzene rings is 1. The molecule has 7 heteroatoms. The molecule has 1 aromatic heterocycles. The summed E-state index contributed by atoms with van der Waals surface area (Å²) in [5.74, 6) is 0.342. The van der Waals surface area contributed by atoms with E-state index in [0.717, 1.165) is 13.1 Å². The van der Waals surface area contributed by atoms with Crippen LogP contribution in [0.4, 0.5) is 0 Å². The average Bonchev–Trinajstić information content (AvgIpc) is 3.01. The first-order valence-electron chi connectivity index (χ1n) is 6.40. The Morgan fingerprint density at radius 2 is 2.00 bits per heavy atom. The van der Waals surface area contributed by atoms with Gasteiger partial charge < -0.3 is 5.32 Å². The summed E-state index contributed by atoms with van der Waals surface area (Å²) in [6.07, 6.45) is 0. The highest BCUT2D eigenvalue weighted by Crippen LogP contribution is 2.21. The van der Waals surface area contributed by atoms with Crippen molar-refractivity contribution in [3.8, 4) is 0 Å². The molecule has 7 nitrogen and oxygen atoms in total. The number of aromatic nitrogens is 3. The fraction of sp³-hybridized carbons (Fsp3) is 0.308. The van der Waals surface area contributed by atoms with Crippen LogP contribution in [-0.4, -0.2) is 32.5 Å². The van der Waals surface area contributed by atoms with Gasteiger partial charge in [-0.05, 0) is 11.1 Å². The van der Waals surface area contributed by atoms with E-state index >= 15 is 0 Å². The zero-order valence-electron chi connectivity index (χ0n) is 10.8. The summed E-state index contributed by atoms with van der Waals surface area (Å²) in [6.45, 7) is 2.15. The van der Waals surface area contributed by atoms with Crippen LogP contribution in [0.3, 0.4) is 0 Å². The molecule has 0 fully saturated rings. The third-order valence-corrected chi connectivity index (χ3v) is 3.28. The Bertz CT molecular complexity index is 650. The SMILES string of the molecule is O=C(CN1Cc2ccccc2C1)NCc1n[nH]c(=O)[nH]1. The largest absolute Gasteiger partial charge is 0.348 e. The third-order valence-electron chi connectivity index (χ3n) is 3.28. The highest BCUT2D eigenvalue weighted by molar-refractivity contribution is 5.78. The third kappa shape index (κ3) is 2.77. The first kappa shape index (κ1) is 12.6. The smallest absolute Gasteiger partial charge is 0.340 e. The Labute approximate surface area is 115 Å². The van der Waals surface area contributed by atoms with Crippen LogP contribution in [0.2, 0.25) is 0 Å². The predicted octanol–water partition coefficient (Wildman–Crippen LogP) is -0.270. The summed E-state index contributed by atoms with van der Waals surface area (Å²) >= 11 is 0. The molecule has 3 N–H and O–H groups in total. The predicted molar refractivity (Wildman–Crippen MR) is 71.6 cm³/mol. The van der Waals surface area contributed by atoms with Gasteiger partial charge >= 0.3 is 5.69 Å². The minimum absolute atomic E-state index is 0.0818. The molecule has 1 aliphatic heterocycles.